The Labute approximate surface area is 173 Å². The van der Waals surface area contributed by atoms with Crippen LogP contribution in [-0.4, -0.2) is 57.9 Å². The molecule has 0 unspecified atom stereocenters. The van der Waals surface area contributed by atoms with Gasteiger partial charge in [0.25, 0.3) is 11.6 Å². The lowest BCUT2D eigenvalue weighted by Crippen LogP contribution is -2.67. The molecule has 0 aliphatic carbocycles. The first-order valence-electron chi connectivity index (χ1n) is 9.82. The van der Waals surface area contributed by atoms with Crippen molar-refractivity contribution in [2.45, 2.75) is 13.0 Å². The molecule has 0 saturated carbocycles. The van der Waals surface area contributed by atoms with Crippen LogP contribution in [0.15, 0.2) is 48.5 Å². The topological polar surface area (TPSA) is 120 Å². The van der Waals surface area contributed by atoms with Gasteiger partial charge in [0.1, 0.15) is 0 Å². The highest BCUT2D eigenvalue weighted by Gasteiger charge is 2.26. The van der Waals surface area contributed by atoms with E-state index in [0.29, 0.717) is 48.7 Å². The van der Waals surface area contributed by atoms with Gasteiger partial charge in [0.05, 0.1) is 16.1 Å². The second-order valence-electron chi connectivity index (χ2n) is 7.41. The molecule has 1 aromatic heterocycles. The Kier molecular flexibility index (Phi) is 5.28. The molecule has 1 aliphatic heterocycles. The van der Waals surface area contributed by atoms with Crippen LogP contribution < -0.4 is 10.6 Å². The summed E-state index contributed by atoms with van der Waals surface area (Å²) in [6, 6.07) is 14.0. The van der Waals surface area contributed by atoms with Gasteiger partial charge in [0.2, 0.25) is 5.95 Å². The maximum absolute atomic E-state index is 12.2. The molecule has 0 spiro atoms. The van der Waals surface area contributed by atoms with Gasteiger partial charge in [0, 0.05) is 49.3 Å². The normalized spacial score (nSPS) is 15.3. The predicted molar refractivity (Wildman–Crippen MR) is 113 cm³/mol. The number of aromatic nitrogens is 2. The standard InChI is InChI=1S/C21H22N6O3/c1-14(22)20(28)25-9-11-26(12-10-25)21-23-18-8-7-16(27(29)30)13-17(18)19(24-21)15-5-3-2-4-6-15/h2-8,13-14H,9-12,22H2,1H3/p+1/t14-/m1/s1. The second kappa shape index (κ2) is 8.03. The predicted octanol–water partition coefficient (Wildman–Crippen LogP) is 1.48. The quantitative estimate of drug-likeness (QED) is 0.517. The number of quaternary nitrogens is 1. The first-order valence-corrected chi connectivity index (χ1v) is 9.82. The zero-order valence-corrected chi connectivity index (χ0v) is 16.7. The van der Waals surface area contributed by atoms with Gasteiger partial charge in [-0.1, -0.05) is 30.3 Å². The van der Waals surface area contributed by atoms with Gasteiger partial charge in [-0.3, -0.25) is 14.9 Å². The highest BCUT2D eigenvalue weighted by atomic mass is 16.6. The first-order chi connectivity index (χ1) is 14.4. The monoisotopic (exact) mass is 407 g/mol. The van der Waals surface area contributed by atoms with Gasteiger partial charge in [-0.15, -0.1) is 0 Å². The van der Waals surface area contributed by atoms with E-state index >= 15 is 0 Å². The fraction of sp³-hybridized carbons (Fsp3) is 0.286. The minimum Gasteiger partial charge on any atom is -0.348 e. The second-order valence-corrected chi connectivity index (χ2v) is 7.41. The van der Waals surface area contributed by atoms with Crippen molar-refractivity contribution in [1.82, 2.24) is 14.9 Å². The van der Waals surface area contributed by atoms with Crippen LogP contribution in [0.2, 0.25) is 0 Å². The Morgan fingerprint density at radius 2 is 1.80 bits per heavy atom. The van der Waals surface area contributed by atoms with Gasteiger partial charge < -0.3 is 15.5 Å². The fourth-order valence-corrected chi connectivity index (χ4v) is 3.61. The van der Waals surface area contributed by atoms with Crippen LogP contribution in [0, 0.1) is 10.1 Å². The molecule has 9 nitrogen and oxygen atoms in total. The molecule has 4 rings (SSSR count). The van der Waals surface area contributed by atoms with Gasteiger partial charge >= 0.3 is 0 Å². The number of anilines is 1. The lowest BCUT2D eigenvalue weighted by molar-refractivity contribution is -0.400. The summed E-state index contributed by atoms with van der Waals surface area (Å²) < 4.78 is 0. The molecule has 1 aliphatic rings. The smallest absolute Gasteiger partial charge is 0.280 e. The number of carbonyl (C=O) groups is 1. The number of non-ortho nitro benzene ring substituents is 1. The molecule has 154 valence electrons. The van der Waals surface area contributed by atoms with Crippen LogP contribution in [-0.2, 0) is 4.79 Å². The zero-order valence-electron chi connectivity index (χ0n) is 16.7. The van der Waals surface area contributed by atoms with Crippen molar-refractivity contribution in [1.29, 1.82) is 0 Å². The summed E-state index contributed by atoms with van der Waals surface area (Å²) in [5.74, 6) is 0.608. The summed E-state index contributed by atoms with van der Waals surface area (Å²) in [4.78, 5) is 36.4. The number of carbonyl (C=O) groups excluding carboxylic acids is 1. The van der Waals surface area contributed by atoms with E-state index in [1.165, 1.54) is 12.1 Å². The summed E-state index contributed by atoms with van der Waals surface area (Å²) in [5, 5.41) is 11.9. The molecule has 2 heterocycles. The number of amides is 1. The molecule has 3 aromatic rings. The largest absolute Gasteiger partial charge is 0.348 e. The van der Waals surface area contributed by atoms with Crippen molar-refractivity contribution in [3.05, 3.63) is 58.6 Å². The van der Waals surface area contributed by atoms with E-state index < -0.39 is 4.92 Å². The molecule has 1 amide bonds. The molecular formula is C21H23N6O3+. The molecule has 0 bridgehead atoms. The Morgan fingerprint density at radius 1 is 1.10 bits per heavy atom. The van der Waals surface area contributed by atoms with E-state index in [2.05, 4.69) is 10.7 Å². The van der Waals surface area contributed by atoms with E-state index in [1.807, 2.05) is 40.1 Å². The summed E-state index contributed by atoms with van der Waals surface area (Å²) in [7, 11) is 0. The summed E-state index contributed by atoms with van der Waals surface area (Å²) in [5.41, 5.74) is 5.99. The van der Waals surface area contributed by atoms with Gasteiger partial charge in [-0.05, 0) is 13.0 Å². The Hall–Kier alpha value is -3.59. The van der Waals surface area contributed by atoms with Crippen molar-refractivity contribution >= 4 is 28.4 Å². The number of rotatable bonds is 4. The van der Waals surface area contributed by atoms with E-state index in [0.717, 1.165) is 5.56 Å². The third-order valence-corrected chi connectivity index (χ3v) is 5.22. The van der Waals surface area contributed by atoms with Gasteiger partial charge in [-0.2, -0.15) is 0 Å². The molecular weight excluding hydrogens is 384 g/mol. The van der Waals surface area contributed by atoms with Crippen LogP contribution in [0.5, 0.6) is 0 Å². The zero-order chi connectivity index (χ0) is 21.3. The van der Waals surface area contributed by atoms with Crippen molar-refractivity contribution in [3.8, 4) is 11.3 Å². The Morgan fingerprint density at radius 3 is 2.43 bits per heavy atom. The molecule has 0 radical (unpaired) electrons. The molecule has 9 heteroatoms. The van der Waals surface area contributed by atoms with Crippen LogP contribution >= 0.6 is 0 Å². The van der Waals surface area contributed by atoms with Crippen LogP contribution in [0.4, 0.5) is 11.6 Å². The number of benzene rings is 2. The number of nitrogens with zero attached hydrogens (tertiary/aromatic N) is 5. The van der Waals surface area contributed by atoms with Gasteiger partial charge in [0.15, 0.2) is 6.04 Å². The van der Waals surface area contributed by atoms with Crippen LogP contribution in [0.1, 0.15) is 6.92 Å². The number of fused-ring (bicyclic) bond motifs is 1. The Balaban J connectivity index is 1.73. The molecule has 30 heavy (non-hydrogen) atoms. The molecule has 2 aromatic carbocycles. The molecule has 1 saturated heterocycles. The highest BCUT2D eigenvalue weighted by molar-refractivity contribution is 5.94. The lowest BCUT2D eigenvalue weighted by atomic mass is 10.1. The van der Waals surface area contributed by atoms with E-state index in [1.54, 1.807) is 13.0 Å². The summed E-state index contributed by atoms with van der Waals surface area (Å²) >= 11 is 0. The third-order valence-electron chi connectivity index (χ3n) is 5.22. The molecule has 1 fully saturated rings. The van der Waals surface area contributed by atoms with E-state index in [-0.39, 0.29) is 17.6 Å². The third kappa shape index (κ3) is 3.79. The number of piperazine rings is 1. The van der Waals surface area contributed by atoms with Crippen molar-refractivity contribution in [2.24, 2.45) is 0 Å². The Bertz CT molecular complexity index is 1090. The molecule has 3 N–H and O–H groups in total. The molecule has 1 atom stereocenters. The fourth-order valence-electron chi connectivity index (χ4n) is 3.61. The minimum atomic E-state index is -0.415. The lowest BCUT2D eigenvalue weighted by Gasteiger charge is -2.35. The maximum atomic E-state index is 12.2. The summed E-state index contributed by atoms with van der Waals surface area (Å²) in [6.07, 6.45) is 0. The number of nitro benzene ring substituents is 1. The first kappa shape index (κ1) is 19.7. The highest BCUT2D eigenvalue weighted by Crippen LogP contribution is 2.31. The SMILES string of the molecule is C[C@@H]([NH3+])C(=O)N1CCN(c2nc(-c3ccccc3)c3cc([N+](=O)[O-])ccc3n2)CC1. The van der Waals surface area contributed by atoms with E-state index in [9.17, 15) is 14.9 Å². The average molecular weight is 407 g/mol. The van der Waals surface area contributed by atoms with Crippen molar-refractivity contribution in [3.63, 3.8) is 0 Å². The van der Waals surface area contributed by atoms with Gasteiger partial charge in [-0.25, -0.2) is 9.97 Å². The average Bonchev–Trinajstić information content (AvgIpc) is 2.78. The van der Waals surface area contributed by atoms with Crippen LogP contribution in [0.3, 0.4) is 0 Å². The number of nitro groups is 1. The number of hydrogen-bond donors (Lipinski definition) is 1. The van der Waals surface area contributed by atoms with E-state index in [4.69, 9.17) is 4.98 Å². The maximum Gasteiger partial charge on any atom is 0.280 e. The number of hydrogen-bond acceptors (Lipinski definition) is 6. The van der Waals surface area contributed by atoms with Crippen molar-refractivity contribution < 1.29 is 15.5 Å². The minimum absolute atomic E-state index is 0.00505. The summed E-state index contributed by atoms with van der Waals surface area (Å²) in [6.45, 7) is 4.20. The van der Waals surface area contributed by atoms with Crippen molar-refractivity contribution in [2.75, 3.05) is 31.1 Å². The van der Waals surface area contributed by atoms with Crippen LogP contribution in [0.25, 0.3) is 22.2 Å².